The molecule has 0 bridgehead atoms. The highest BCUT2D eigenvalue weighted by Gasteiger charge is 2.02. The van der Waals surface area contributed by atoms with Crippen LogP contribution in [0.1, 0.15) is 5.76 Å². The first-order valence-corrected chi connectivity index (χ1v) is 4.33. The lowest BCUT2D eigenvalue weighted by molar-refractivity contribution is 0.249. The summed E-state index contributed by atoms with van der Waals surface area (Å²) in [5.74, 6) is 1.10. The van der Waals surface area contributed by atoms with E-state index in [-0.39, 0.29) is 12.4 Å². The van der Waals surface area contributed by atoms with E-state index in [9.17, 15) is 4.39 Å². The summed E-state index contributed by atoms with van der Waals surface area (Å²) in [6.45, 7) is 0.218. The quantitative estimate of drug-likeness (QED) is 0.837. The Bertz CT molecular complexity index is 439. The summed E-state index contributed by atoms with van der Waals surface area (Å²) >= 11 is 0. The predicted molar refractivity (Wildman–Crippen MR) is 51.6 cm³/mol. The lowest BCUT2D eigenvalue weighted by atomic mass is 10.3. The van der Waals surface area contributed by atoms with Crippen LogP contribution in [0.3, 0.4) is 0 Å². The van der Waals surface area contributed by atoms with E-state index < -0.39 is 0 Å². The molecule has 0 aliphatic carbocycles. The third kappa shape index (κ3) is 2.46. The normalized spacial score (nSPS) is 10.2. The smallest absolute Gasteiger partial charge is 0.176 e. The standard InChI is InChI=1S/C10H9FN2O2/c11-7-1-3-8(4-2-7)14-6-9-5-10(12)13-15-9/h1-5H,6H2,(H2,12,13). The number of nitrogen functional groups attached to an aromatic ring is 1. The summed E-state index contributed by atoms with van der Waals surface area (Å²) in [7, 11) is 0. The van der Waals surface area contributed by atoms with Crippen molar-refractivity contribution in [1.29, 1.82) is 0 Å². The van der Waals surface area contributed by atoms with Crippen LogP contribution in [0.15, 0.2) is 34.9 Å². The molecule has 78 valence electrons. The van der Waals surface area contributed by atoms with Crippen molar-refractivity contribution in [2.45, 2.75) is 6.61 Å². The van der Waals surface area contributed by atoms with E-state index >= 15 is 0 Å². The number of aromatic nitrogens is 1. The maximum absolute atomic E-state index is 12.6. The number of nitrogens with zero attached hydrogens (tertiary/aromatic N) is 1. The van der Waals surface area contributed by atoms with Gasteiger partial charge in [-0.2, -0.15) is 0 Å². The SMILES string of the molecule is Nc1cc(COc2ccc(F)cc2)on1. The zero-order valence-electron chi connectivity index (χ0n) is 7.81. The van der Waals surface area contributed by atoms with E-state index in [2.05, 4.69) is 5.16 Å². The third-order valence-corrected chi connectivity index (χ3v) is 1.77. The van der Waals surface area contributed by atoms with Crippen LogP contribution in [0.25, 0.3) is 0 Å². The fourth-order valence-corrected chi connectivity index (χ4v) is 1.08. The molecule has 1 aromatic carbocycles. The van der Waals surface area contributed by atoms with Crippen LogP contribution in [-0.4, -0.2) is 5.16 Å². The molecule has 2 N–H and O–H groups in total. The van der Waals surface area contributed by atoms with Crippen molar-refractivity contribution in [2.24, 2.45) is 0 Å². The second kappa shape index (κ2) is 4.00. The van der Waals surface area contributed by atoms with Crippen molar-refractivity contribution in [2.75, 3.05) is 5.73 Å². The Morgan fingerprint density at radius 1 is 1.33 bits per heavy atom. The molecule has 2 rings (SSSR count). The van der Waals surface area contributed by atoms with Crippen molar-refractivity contribution < 1.29 is 13.7 Å². The Balaban J connectivity index is 1.96. The van der Waals surface area contributed by atoms with E-state index in [0.29, 0.717) is 17.3 Å². The molecule has 15 heavy (non-hydrogen) atoms. The number of hydrogen-bond acceptors (Lipinski definition) is 4. The number of halogens is 1. The Morgan fingerprint density at radius 2 is 2.07 bits per heavy atom. The van der Waals surface area contributed by atoms with Crippen molar-refractivity contribution in [1.82, 2.24) is 5.16 Å². The highest BCUT2D eigenvalue weighted by molar-refractivity contribution is 5.27. The topological polar surface area (TPSA) is 61.3 Å². The van der Waals surface area contributed by atoms with Gasteiger partial charge in [-0.1, -0.05) is 5.16 Å². The average molecular weight is 208 g/mol. The van der Waals surface area contributed by atoms with Gasteiger partial charge in [0.15, 0.2) is 11.6 Å². The van der Waals surface area contributed by atoms with Gasteiger partial charge in [-0.05, 0) is 24.3 Å². The summed E-state index contributed by atoms with van der Waals surface area (Å²) < 4.78 is 22.7. The van der Waals surface area contributed by atoms with Gasteiger partial charge < -0.3 is 15.0 Å². The Hall–Kier alpha value is -2.04. The first-order chi connectivity index (χ1) is 7.24. The second-order valence-electron chi connectivity index (χ2n) is 2.96. The minimum Gasteiger partial charge on any atom is -0.486 e. The molecule has 0 aliphatic heterocycles. The number of benzene rings is 1. The largest absolute Gasteiger partial charge is 0.486 e. The number of ether oxygens (including phenoxy) is 1. The molecule has 0 saturated carbocycles. The highest BCUT2D eigenvalue weighted by Crippen LogP contribution is 2.14. The molecule has 0 radical (unpaired) electrons. The van der Waals surface area contributed by atoms with Gasteiger partial charge in [0.2, 0.25) is 0 Å². The van der Waals surface area contributed by atoms with Gasteiger partial charge in [0.05, 0.1) is 0 Å². The van der Waals surface area contributed by atoms with Crippen molar-refractivity contribution >= 4 is 5.82 Å². The zero-order chi connectivity index (χ0) is 10.7. The molecule has 0 saturated heterocycles. The number of hydrogen-bond donors (Lipinski definition) is 1. The van der Waals surface area contributed by atoms with Crippen LogP contribution in [0.4, 0.5) is 10.2 Å². The molecule has 0 aliphatic rings. The summed E-state index contributed by atoms with van der Waals surface area (Å²) in [6.07, 6.45) is 0. The molecular weight excluding hydrogens is 199 g/mol. The Kier molecular flexibility index (Phi) is 2.53. The molecule has 4 nitrogen and oxygen atoms in total. The first kappa shape index (κ1) is 9.51. The van der Waals surface area contributed by atoms with E-state index in [4.69, 9.17) is 15.0 Å². The van der Waals surface area contributed by atoms with Gasteiger partial charge in [-0.3, -0.25) is 0 Å². The van der Waals surface area contributed by atoms with Gasteiger partial charge >= 0.3 is 0 Å². The van der Waals surface area contributed by atoms with Gasteiger partial charge in [-0.25, -0.2) is 4.39 Å². The highest BCUT2D eigenvalue weighted by atomic mass is 19.1. The number of rotatable bonds is 3. The van der Waals surface area contributed by atoms with Crippen molar-refractivity contribution in [3.63, 3.8) is 0 Å². The molecular formula is C10H9FN2O2. The van der Waals surface area contributed by atoms with Crippen LogP contribution in [0, 0.1) is 5.82 Å². The maximum Gasteiger partial charge on any atom is 0.176 e. The molecule has 0 unspecified atom stereocenters. The van der Waals surface area contributed by atoms with Gasteiger partial charge in [-0.15, -0.1) is 0 Å². The minimum atomic E-state index is -0.300. The zero-order valence-corrected chi connectivity index (χ0v) is 7.81. The van der Waals surface area contributed by atoms with Gasteiger partial charge in [0.25, 0.3) is 0 Å². The summed E-state index contributed by atoms with van der Waals surface area (Å²) in [6, 6.07) is 7.29. The summed E-state index contributed by atoms with van der Waals surface area (Å²) in [5.41, 5.74) is 5.36. The predicted octanol–water partition coefficient (Wildman–Crippen LogP) is 1.97. The monoisotopic (exact) mass is 208 g/mol. The van der Waals surface area contributed by atoms with Crippen LogP contribution >= 0.6 is 0 Å². The van der Waals surface area contributed by atoms with Crippen LogP contribution < -0.4 is 10.5 Å². The van der Waals surface area contributed by atoms with Crippen LogP contribution in [0.5, 0.6) is 5.75 Å². The van der Waals surface area contributed by atoms with Gasteiger partial charge in [0.1, 0.15) is 18.2 Å². The fraction of sp³-hybridized carbons (Fsp3) is 0.100. The average Bonchev–Trinajstić information content (AvgIpc) is 2.64. The summed E-state index contributed by atoms with van der Waals surface area (Å²) in [5, 5.41) is 3.51. The molecule has 0 amide bonds. The lowest BCUT2D eigenvalue weighted by Gasteiger charge is -2.02. The third-order valence-electron chi connectivity index (χ3n) is 1.77. The molecule has 1 heterocycles. The van der Waals surface area contributed by atoms with E-state index in [1.54, 1.807) is 6.07 Å². The van der Waals surface area contributed by atoms with Crippen molar-refractivity contribution in [3.8, 4) is 5.75 Å². The van der Waals surface area contributed by atoms with E-state index in [1.807, 2.05) is 0 Å². The number of nitrogens with two attached hydrogens (primary N) is 1. The summed E-state index contributed by atoms with van der Waals surface area (Å²) in [4.78, 5) is 0. The van der Waals surface area contributed by atoms with E-state index in [0.717, 1.165) is 0 Å². The number of anilines is 1. The molecule has 0 atom stereocenters. The van der Waals surface area contributed by atoms with Crippen molar-refractivity contribution in [3.05, 3.63) is 41.9 Å². The van der Waals surface area contributed by atoms with Crippen LogP contribution in [0.2, 0.25) is 0 Å². The fourth-order valence-electron chi connectivity index (χ4n) is 1.08. The second-order valence-corrected chi connectivity index (χ2v) is 2.96. The minimum absolute atomic E-state index is 0.218. The molecule has 0 fully saturated rings. The maximum atomic E-state index is 12.6. The molecule has 2 aromatic rings. The molecule has 0 spiro atoms. The lowest BCUT2D eigenvalue weighted by Crippen LogP contribution is -1.93. The Morgan fingerprint density at radius 3 is 2.67 bits per heavy atom. The van der Waals surface area contributed by atoms with E-state index in [1.165, 1.54) is 24.3 Å². The molecule has 1 aromatic heterocycles. The van der Waals surface area contributed by atoms with Crippen LogP contribution in [-0.2, 0) is 6.61 Å². The first-order valence-electron chi connectivity index (χ1n) is 4.33. The van der Waals surface area contributed by atoms with Gasteiger partial charge in [0, 0.05) is 6.07 Å². The molecule has 5 heteroatoms. The Labute approximate surface area is 85.4 Å².